The molecule has 0 saturated heterocycles. The lowest BCUT2D eigenvalue weighted by Gasteiger charge is -2.12. The molecule has 0 radical (unpaired) electrons. The average Bonchev–Trinajstić information content (AvgIpc) is 2.65. The predicted octanol–water partition coefficient (Wildman–Crippen LogP) is 2.85. The number of esters is 2. The third kappa shape index (κ3) is 4.04. The summed E-state index contributed by atoms with van der Waals surface area (Å²) in [5, 5.41) is 0. The molecule has 0 aromatic heterocycles. The lowest BCUT2D eigenvalue weighted by atomic mass is 10.1. The van der Waals surface area contributed by atoms with Crippen molar-refractivity contribution in [1.29, 1.82) is 0 Å². The monoisotopic (exact) mass is 330 g/mol. The quantitative estimate of drug-likeness (QED) is 0.759. The molecular weight excluding hydrogens is 312 g/mol. The molecular formula is C18H18O6. The number of carbonyl (C=O) groups is 2. The summed E-state index contributed by atoms with van der Waals surface area (Å²) >= 11 is 0. The van der Waals surface area contributed by atoms with Gasteiger partial charge in [0.25, 0.3) is 0 Å². The summed E-state index contributed by atoms with van der Waals surface area (Å²) in [6, 6.07) is 11.7. The maximum Gasteiger partial charge on any atom is 0.341 e. The van der Waals surface area contributed by atoms with Gasteiger partial charge in [-0.2, -0.15) is 0 Å². The molecule has 0 amide bonds. The lowest BCUT2D eigenvalue weighted by Crippen LogP contribution is -2.08. The van der Waals surface area contributed by atoms with E-state index in [2.05, 4.69) is 4.74 Å². The van der Waals surface area contributed by atoms with Crippen molar-refractivity contribution in [3.05, 3.63) is 59.2 Å². The van der Waals surface area contributed by atoms with Crippen molar-refractivity contribution in [2.45, 2.75) is 6.61 Å². The third-order valence-corrected chi connectivity index (χ3v) is 3.36. The van der Waals surface area contributed by atoms with Gasteiger partial charge in [0, 0.05) is 0 Å². The summed E-state index contributed by atoms with van der Waals surface area (Å²) in [5.41, 5.74) is 1.41. The van der Waals surface area contributed by atoms with Crippen molar-refractivity contribution in [1.82, 2.24) is 0 Å². The minimum absolute atomic E-state index is 0.221. The number of hydrogen-bond acceptors (Lipinski definition) is 6. The van der Waals surface area contributed by atoms with Crippen LogP contribution in [0.5, 0.6) is 11.5 Å². The smallest absolute Gasteiger partial charge is 0.341 e. The van der Waals surface area contributed by atoms with E-state index in [0.29, 0.717) is 0 Å². The van der Waals surface area contributed by atoms with E-state index in [-0.39, 0.29) is 23.5 Å². The van der Waals surface area contributed by atoms with Crippen LogP contribution in [0, 0.1) is 0 Å². The fourth-order valence-corrected chi connectivity index (χ4v) is 2.05. The van der Waals surface area contributed by atoms with E-state index >= 15 is 0 Å². The summed E-state index contributed by atoms with van der Waals surface area (Å²) < 4.78 is 20.2. The predicted molar refractivity (Wildman–Crippen MR) is 86.4 cm³/mol. The van der Waals surface area contributed by atoms with Gasteiger partial charge in [-0.15, -0.1) is 0 Å². The molecule has 0 fully saturated rings. The summed E-state index contributed by atoms with van der Waals surface area (Å²) in [6.07, 6.45) is 0. The molecule has 6 nitrogen and oxygen atoms in total. The van der Waals surface area contributed by atoms with Crippen molar-refractivity contribution < 1.29 is 28.5 Å². The van der Waals surface area contributed by atoms with Gasteiger partial charge in [0.15, 0.2) is 0 Å². The molecule has 0 bridgehead atoms. The minimum atomic E-state index is -0.545. The van der Waals surface area contributed by atoms with Crippen LogP contribution in [0.4, 0.5) is 0 Å². The van der Waals surface area contributed by atoms with Crippen LogP contribution in [-0.2, 0) is 16.1 Å². The van der Waals surface area contributed by atoms with Crippen molar-refractivity contribution in [2.75, 3.05) is 21.3 Å². The zero-order valence-electron chi connectivity index (χ0n) is 13.7. The SMILES string of the molecule is COC(=O)c1ccc(C(=O)OC)c(OCc2ccc(OC)cc2)c1. The van der Waals surface area contributed by atoms with E-state index in [4.69, 9.17) is 14.2 Å². The van der Waals surface area contributed by atoms with Gasteiger partial charge in [-0.3, -0.25) is 0 Å². The zero-order chi connectivity index (χ0) is 17.5. The van der Waals surface area contributed by atoms with Crippen LogP contribution in [0.3, 0.4) is 0 Å². The molecule has 0 heterocycles. The summed E-state index contributed by atoms with van der Waals surface area (Å²) in [7, 11) is 4.16. The Kier molecular flexibility index (Phi) is 5.78. The molecule has 0 aliphatic carbocycles. The van der Waals surface area contributed by atoms with Gasteiger partial charge >= 0.3 is 11.9 Å². The second-order valence-corrected chi connectivity index (χ2v) is 4.83. The molecule has 0 aliphatic rings. The minimum Gasteiger partial charge on any atom is -0.497 e. The number of carbonyl (C=O) groups excluding carboxylic acids is 2. The van der Waals surface area contributed by atoms with E-state index in [1.54, 1.807) is 7.11 Å². The first-order valence-electron chi connectivity index (χ1n) is 7.15. The van der Waals surface area contributed by atoms with Crippen LogP contribution in [0.2, 0.25) is 0 Å². The van der Waals surface area contributed by atoms with E-state index in [1.165, 1.54) is 32.4 Å². The zero-order valence-corrected chi connectivity index (χ0v) is 13.7. The summed E-state index contributed by atoms with van der Waals surface area (Å²) in [5.74, 6) is -0.0703. The number of benzene rings is 2. The first-order valence-corrected chi connectivity index (χ1v) is 7.15. The number of methoxy groups -OCH3 is 3. The second-order valence-electron chi connectivity index (χ2n) is 4.83. The van der Waals surface area contributed by atoms with Crippen LogP contribution in [0.1, 0.15) is 26.3 Å². The molecule has 0 saturated carbocycles. The first-order chi connectivity index (χ1) is 11.6. The van der Waals surface area contributed by atoms with Crippen molar-refractivity contribution in [2.24, 2.45) is 0 Å². The Balaban J connectivity index is 2.24. The highest BCUT2D eigenvalue weighted by atomic mass is 16.5. The van der Waals surface area contributed by atoms with Gasteiger partial charge in [0.1, 0.15) is 23.7 Å². The average molecular weight is 330 g/mol. The van der Waals surface area contributed by atoms with Crippen LogP contribution >= 0.6 is 0 Å². The maximum absolute atomic E-state index is 11.8. The van der Waals surface area contributed by atoms with Gasteiger partial charge in [-0.25, -0.2) is 9.59 Å². The van der Waals surface area contributed by atoms with E-state index in [0.717, 1.165) is 11.3 Å². The van der Waals surface area contributed by atoms with Gasteiger partial charge in [0.05, 0.1) is 26.9 Å². The Morgan fingerprint density at radius 1 is 0.875 bits per heavy atom. The molecule has 0 spiro atoms. The molecule has 6 heteroatoms. The van der Waals surface area contributed by atoms with Gasteiger partial charge in [0.2, 0.25) is 0 Å². The number of hydrogen-bond donors (Lipinski definition) is 0. The Morgan fingerprint density at radius 2 is 1.54 bits per heavy atom. The molecule has 0 atom stereocenters. The summed E-state index contributed by atoms with van der Waals surface area (Å²) in [4.78, 5) is 23.5. The largest absolute Gasteiger partial charge is 0.497 e. The highest BCUT2D eigenvalue weighted by Gasteiger charge is 2.17. The lowest BCUT2D eigenvalue weighted by molar-refractivity contribution is 0.0582. The Morgan fingerprint density at radius 3 is 2.12 bits per heavy atom. The molecule has 0 unspecified atom stereocenters. The van der Waals surface area contributed by atoms with Gasteiger partial charge in [-0.1, -0.05) is 12.1 Å². The van der Waals surface area contributed by atoms with Crippen molar-refractivity contribution in [3.63, 3.8) is 0 Å². The van der Waals surface area contributed by atoms with Crippen LogP contribution in [0.15, 0.2) is 42.5 Å². The second kappa shape index (κ2) is 8.01. The van der Waals surface area contributed by atoms with Crippen LogP contribution < -0.4 is 9.47 Å². The highest BCUT2D eigenvalue weighted by molar-refractivity contribution is 5.96. The third-order valence-electron chi connectivity index (χ3n) is 3.36. The molecule has 0 aliphatic heterocycles. The van der Waals surface area contributed by atoms with Gasteiger partial charge in [-0.05, 0) is 35.9 Å². The number of rotatable bonds is 6. The molecule has 2 rings (SSSR count). The standard InChI is InChI=1S/C18H18O6/c1-21-14-7-4-12(5-8-14)11-24-16-10-13(17(19)22-2)6-9-15(16)18(20)23-3/h4-10H,11H2,1-3H3. The fraction of sp³-hybridized carbons (Fsp3) is 0.222. The summed E-state index contributed by atoms with van der Waals surface area (Å²) in [6.45, 7) is 0.221. The fourth-order valence-electron chi connectivity index (χ4n) is 2.05. The Bertz CT molecular complexity index is 721. The van der Waals surface area contributed by atoms with Crippen molar-refractivity contribution in [3.8, 4) is 11.5 Å². The maximum atomic E-state index is 11.8. The van der Waals surface area contributed by atoms with E-state index < -0.39 is 11.9 Å². The van der Waals surface area contributed by atoms with Crippen molar-refractivity contribution >= 4 is 11.9 Å². The topological polar surface area (TPSA) is 71.1 Å². The van der Waals surface area contributed by atoms with Gasteiger partial charge < -0.3 is 18.9 Å². The Hall–Kier alpha value is -3.02. The highest BCUT2D eigenvalue weighted by Crippen LogP contribution is 2.23. The Labute approximate surface area is 139 Å². The normalized spacial score (nSPS) is 9.96. The molecule has 24 heavy (non-hydrogen) atoms. The van der Waals surface area contributed by atoms with E-state index in [9.17, 15) is 9.59 Å². The molecule has 2 aromatic carbocycles. The van der Waals surface area contributed by atoms with Crippen LogP contribution in [0.25, 0.3) is 0 Å². The molecule has 2 aromatic rings. The first kappa shape index (κ1) is 17.3. The van der Waals surface area contributed by atoms with Crippen LogP contribution in [-0.4, -0.2) is 33.3 Å². The van der Waals surface area contributed by atoms with E-state index in [1.807, 2.05) is 24.3 Å². The molecule has 0 N–H and O–H groups in total. The number of ether oxygens (including phenoxy) is 4. The molecule has 126 valence electrons.